The van der Waals surface area contributed by atoms with Gasteiger partial charge in [0.25, 0.3) is 0 Å². The number of Topliss-reactive ketones (excluding diaryl/α,β-unsaturated/α-hetero) is 5. The Labute approximate surface area is 199 Å². The normalized spacial score (nSPS) is 22.9. The molecule has 1 heterocycles. The van der Waals surface area contributed by atoms with Crippen molar-refractivity contribution in [2.75, 3.05) is 13.7 Å². The number of methoxy groups -OCH3 is 1. The van der Waals surface area contributed by atoms with Crippen LogP contribution in [-0.4, -0.2) is 65.9 Å². The molecule has 2 aromatic carbocycles. The van der Waals surface area contributed by atoms with Gasteiger partial charge in [-0.15, -0.1) is 0 Å². The molecule has 3 unspecified atom stereocenters. The van der Waals surface area contributed by atoms with Crippen molar-refractivity contribution in [1.82, 2.24) is 4.90 Å². The van der Waals surface area contributed by atoms with Crippen LogP contribution >= 0.6 is 0 Å². The SMILES string of the molecule is COC(=O)N1CCCC1C(=O)C1C(=O)c2ccc(-c3ccc4c(c3)C(=O)C(C=O)C4=O)cc2C1=O. The predicted octanol–water partition coefficient (Wildman–Crippen LogP) is 2.34. The summed E-state index contributed by atoms with van der Waals surface area (Å²) in [5.74, 6) is -5.86. The Kier molecular flexibility index (Phi) is 5.27. The van der Waals surface area contributed by atoms with Gasteiger partial charge in [-0.25, -0.2) is 4.79 Å². The van der Waals surface area contributed by atoms with Crippen molar-refractivity contribution in [1.29, 1.82) is 0 Å². The number of ketones is 5. The van der Waals surface area contributed by atoms with Crippen LogP contribution in [0.1, 0.15) is 54.3 Å². The Morgan fingerprint density at radius 2 is 1.40 bits per heavy atom. The number of aldehydes is 1. The third-order valence-electron chi connectivity index (χ3n) is 6.93. The van der Waals surface area contributed by atoms with Crippen molar-refractivity contribution in [3.8, 4) is 11.1 Å². The fourth-order valence-electron chi connectivity index (χ4n) is 5.14. The Balaban J connectivity index is 1.46. The molecule has 0 bridgehead atoms. The summed E-state index contributed by atoms with van der Waals surface area (Å²) in [6.45, 7) is 0.305. The molecule has 2 aromatic rings. The molecule has 1 fully saturated rings. The van der Waals surface area contributed by atoms with Crippen LogP contribution in [-0.2, 0) is 14.3 Å². The molecule has 1 amide bonds. The van der Waals surface area contributed by atoms with Gasteiger partial charge in [0, 0.05) is 28.8 Å². The van der Waals surface area contributed by atoms with E-state index in [-0.39, 0.29) is 22.3 Å². The zero-order valence-corrected chi connectivity index (χ0v) is 18.6. The molecule has 0 spiro atoms. The highest BCUT2D eigenvalue weighted by Gasteiger charge is 2.48. The molecule has 176 valence electrons. The molecule has 5 rings (SSSR count). The van der Waals surface area contributed by atoms with E-state index < -0.39 is 52.9 Å². The van der Waals surface area contributed by atoms with Gasteiger partial charge in [0.05, 0.1) is 13.2 Å². The third-order valence-corrected chi connectivity index (χ3v) is 6.93. The fraction of sp³-hybridized carbons (Fsp3) is 0.269. The van der Waals surface area contributed by atoms with Crippen LogP contribution in [0.25, 0.3) is 11.1 Å². The number of hydrogen-bond acceptors (Lipinski definition) is 8. The molecule has 9 nitrogen and oxygen atoms in total. The third kappa shape index (κ3) is 3.26. The van der Waals surface area contributed by atoms with Crippen LogP contribution in [0.5, 0.6) is 0 Å². The highest BCUT2D eigenvalue weighted by molar-refractivity contribution is 6.36. The van der Waals surface area contributed by atoms with Gasteiger partial charge in [0.15, 0.2) is 28.9 Å². The zero-order valence-electron chi connectivity index (χ0n) is 18.6. The van der Waals surface area contributed by atoms with Crippen LogP contribution < -0.4 is 0 Å². The molecule has 0 N–H and O–H groups in total. The summed E-state index contributed by atoms with van der Waals surface area (Å²) in [6.07, 6.45) is 0.547. The standard InChI is InChI=1S/C26H19NO8/c1-35-26(34)27-8-2-3-19(27)25(33)20-23(31)15-7-5-13(10-17(15)24(20)32)12-4-6-14-16(9-12)22(30)18(11-28)21(14)29/h4-7,9-11,18-20H,2-3,8H2,1H3. The number of carbonyl (C=O) groups excluding carboxylic acids is 7. The largest absolute Gasteiger partial charge is 0.453 e. The second-order valence-corrected chi connectivity index (χ2v) is 8.75. The predicted molar refractivity (Wildman–Crippen MR) is 119 cm³/mol. The van der Waals surface area contributed by atoms with Crippen molar-refractivity contribution in [2.24, 2.45) is 11.8 Å². The van der Waals surface area contributed by atoms with Crippen LogP contribution in [0.4, 0.5) is 4.79 Å². The molecule has 1 saturated heterocycles. The first-order valence-electron chi connectivity index (χ1n) is 11.1. The Bertz CT molecular complexity index is 1370. The van der Waals surface area contributed by atoms with Crippen LogP contribution in [0.3, 0.4) is 0 Å². The molecule has 0 saturated carbocycles. The number of likely N-dealkylation sites (tertiary alicyclic amines) is 1. The van der Waals surface area contributed by atoms with Gasteiger partial charge in [0.1, 0.15) is 18.1 Å². The first-order valence-corrected chi connectivity index (χ1v) is 11.1. The van der Waals surface area contributed by atoms with E-state index in [1.165, 1.54) is 36.3 Å². The van der Waals surface area contributed by atoms with E-state index in [4.69, 9.17) is 4.74 Å². The highest BCUT2D eigenvalue weighted by Crippen LogP contribution is 2.36. The lowest BCUT2D eigenvalue weighted by Gasteiger charge is -2.23. The van der Waals surface area contributed by atoms with Crippen molar-refractivity contribution < 1.29 is 38.3 Å². The molecule has 0 radical (unpaired) electrons. The van der Waals surface area contributed by atoms with Gasteiger partial charge in [0.2, 0.25) is 0 Å². The van der Waals surface area contributed by atoms with Crippen LogP contribution in [0, 0.1) is 11.8 Å². The molecule has 3 atom stereocenters. The van der Waals surface area contributed by atoms with E-state index in [2.05, 4.69) is 0 Å². The Hall–Kier alpha value is -4.27. The lowest BCUT2D eigenvalue weighted by atomic mass is 9.92. The number of amides is 1. The quantitative estimate of drug-likeness (QED) is 0.488. The van der Waals surface area contributed by atoms with Crippen molar-refractivity contribution in [3.05, 3.63) is 58.7 Å². The summed E-state index contributed by atoms with van der Waals surface area (Å²) >= 11 is 0. The molecule has 3 aliphatic rings. The number of carbonyl (C=O) groups is 7. The van der Waals surface area contributed by atoms with E-state index in [0.29, 0.717) is 36.8 Å². The second kappa shape index (κ2) is 8.19. The van der Waals surface area contributed by atoms with Crippen LogP contribution in [0.15, 0.2) is 36.4 Å². The van der Waals surface area contributed by atoms with Gasteiger partial charge in [-0.2, -0.15) is 0 Å². The average molecular weight is 473 g/mol. The molecule has 2 aliphatic carbocycles. The number of benzene rings is 2. The first-order chi connectivity index (χ1) is 16.8. The monoisotopic (exact) mass is 473 g/mol. The number of hydrogen-bond donors (Lipinski definition) is 0. The van der Waals surface area contributed by atoms with E-state index in [1.807, 2.05) is 0 Å². The topological polar surface area (TPSA) is 132 Å². The van der Waals surface area contributed by atoms with Gasteiger partial charge in [-0.05, 0) is 36.1 Å². The van der Waals surface area contributed by atoms with E-state index in [0.717, 1.165) is 0 Å². The smallest absolute Gasteiger partial charge is 0.410 e. The van der Waals surface area contributed by atoms with Gasteiger partial charge in [-0.3, -0.25) is 28.9 Å². The van der Waals surface area contributed by atoms with Crippen molar-refractivity contribution in [2.45, 2.75) is 18.9 Å². The maximum absolute atomic E-state index is 13.2. The molecular formula is C26H19NO8. The molecular weight excluding hydrogens is 454 g/mol. The van der Waals surface area contributed by atoms with Crippen LogP contribution in [0.2, 0.25) is 0 Å². The minimum absolute atomic E-state index is 0.0853. The summed E-state index contributed by atoms with van der Waals surface area (Å²) in [5.41, 5.74) is 1.52. The van der Waals surface area contributed by atoms with Gasteiger partial charge < -0.3 is 9.53 Å². The number of ether oxygens (including phenoxy) is 1. The average Bonchev–Trinajstić information content (AvgIpc) is 3.52. The summed E-state index contributed by atoms with van der Waals surface area (Å²) in [4.78, 5) is 88.4. The molecule has 35 heavy (non-hydrogen) atoms. The Morgan fingerprint density at radius 1 is 0.857 bits per heavy atom. The molecule has 1 aliphatic heterocycles. The lowest BCUT2D eigenvalue weighted by molar-refractivity contribution is -0.124. The lowest BCUT2D eigenvalue weighted by Crippen LogP contribution is -2.45. The van der Waals surface area contributed by atoms with Gasteiger partial charge in [-0.1, -0.05) is 24.3 Å². The fourth-order valence-corrected chi connectivity index (χ4v) is 5.14. The summed E-state index contributed by atoms with van der Waals surface area (Å²) in [6, 6.07) is 8.16. The van der Waals surface area contributed by atoms with Crippen molar-refractivity contribution in [3.63, 3.8) is 0 Å². The molecule has 0 aromatic heterocycles. The van der Waals surface area contributed by atoms with Gasteiger partial charge >= 0.3 is 6.09 Å². The van der Waals surface area contributed by atoms with E-state index >= 15 is 0 Å². The maximum Gasteiger partial charge on any atom is 0.410 e. The summed E-state index contributed by atoms with van der Waals surface area (Å²) < 4.78 is 4.72. The number of fused-ring (bicyclic) bond motifs is 2. The maximum atomic E-state index is 13.2. The van der Waals surface area contributed by atoms with E-state index in [1.54, 1.807) is 12.1 Å². The Morgan fingerprint density at radius 3 is 2.00 bits per heavy atom. The van der Waals surface area contributed by atoms with E-state index in [9.17, 15) is 33.6 Å². The number of rotatable bonds is 4. The van der Waals surface area contributed by atoms with Crippen molar-refractivity contribution >= 4 is 41.3 Å². The number of nitrogens with zero attached hydrogens (tertiary/aromatic N) is 1. The summed E-state index contributed by atoms with van der Waals surface area (Å²) in [5, 5.41) is 0. The molecule has 9 heteroatoms. The summed E-state index contributed by atoms with van der Waals surface area (Å²) in [7, 11) is 1.20. The first kappa shape index (κ1) is 22.5. The second-order valence-electron chi connectivity index (χ2n) is 8.75. The zero-order chi connectivity index (χ0) is 25.0. The minimum atomic E-state index is -1.52. The highest BCUT2D eigenvalue weighted by atomic mass is 16.5. The minimum Gasteiger partial charge on any atom is -0.453 e.